The third kappa shape index (κ3) is 3.15. The number of rotatable bonds is 3. The summed E-state index contributed by atoms with van der Waals surface area (Å²) < 4.78 is 2.19. The van der Waals surface area contributed by atoms with E-state index in [2.05, 4.69) is 14.5 Å². The fourth-order valence-electron chi connectivity index (χ4n) is 2.94. The van der Waals surface area contributed by atoms with Gasteiger partial charge in [-0.05, 0) is 26.7 Å². The topological polar surface area (TPSA) is 51.0 Å². The minimum atomic E-state index is 0.183. The molecule has 0 aliphatic carbocycles. The first-order valence-electron chi connectivity index (χ1n) is 7.31. The maximum atomic E-state index is 12.4. The predicted molar refractivity (Wildman–Crippen MR) is 82.4 cm³/mol. The molecule has 0 bridgehead atoms. The van der Waals surface area contributed by atoms with Gasteiger partial charge in [0, 0.05) is 30.9 Å². The molecular weight excluding hydrogens is 284 g/mol. The van der Waals surface area contributed by atoms with Crippen molar-refractivity contribution < 1.29 is 4.79 Å². The van der Waals surface area contributed by atoms with Gasteiger partial charge in [0.05, 0.1) is 23.2 Å². The van der Waals surface area contributed by atoms with Crippen molar-refractivity contribution in [1.29, 1.82) is 0 Å². The quantitative estimate of drug-likeness (QED) is 0.874. The molecule has 0 radical (unpaired) electrons. The highest BCUT2D eigenvalue weighted by molar-refractivity contribution is 7.09. The van der Waals surface area contributed by atoms with Crippen LogP contribution in [0.5, 0.6) is 0 Å². The number of piperidine rings is 1. The molecule has 1 aliphatic heterocycles. The van der Waals surface area contributed by atoms with Gasteiger partial charge in [-0.3, -0.25) is 4.79 Å². The van der Waals surface area contributed by atoms with E-state index in [0.717, 1.165) is 42.5 Å². The Balaban J connectivity index is 1.65. The molecular formula is C15H20N4OS. The van der Waals surface area contributed by atoms with E-state index in [1.807, 2.05) is 36.5 Å². The van der Waals surface area contributed by atoms with Crippen LogP contribution in [0.4, 0.5) is 0 Å². The zero-order valence-electron chi connectivity index (χ0n) is 12.5. The molecule has 2 aromatic heterocycles. The van der Waals surface area contributed by atoms with Crippen molar-refractivity contribution in [3.05, 3.63) is 34.3 Å². The smallest absolute Gasteiger partial charge is 0.228 e. The Morgan fingerprint density at radius 2 is 2.33 bits per heavy atom. The molecule has 6 heteroatoms. The maximum absolute atomic E-state index is 12.4. The minimum Gasteiger partial charge on any atom is -0.340 e. The molecule has 1 atom stereocenters. The lowest BCUT2D eigenvalue weighted by Gasteiger charge is -2.34. The summed E-state index contributed by atoms with van der Waals surface area (Å²) in [5, 5.41) is 3.00. The third-order valence-electron chi connectivity index (χ3n) is 4.00. The highest BCUT2D eigenvalue weighted by Gasteiger charge is 2.25. The Kier molecular flexibility index (Phi) is 4.05. The van der Waals surface area contributed by atoms with Crippen LogP contribution in [0.3, 0.4) is 0 Å². The van der Waals surface area contributed by atoms with Crippen LogP contribution < -0.4 is 0 Å². The van der Waals surface area contributed by atoms with Gasteiger partial charge in [0.25, 0.3) is 0 Å². The Bertz CT molecular complexity index is 633. The molecule has 1 fully saturated rings. The molecule has 21 heavy (non-hydrogen) atoms. The van der Waals surface area contributed by atoms with Crippen molar-refractivity contribution >= 4 is 17.2 Å². The van der Waals surface area contributed by atoms with Gasteiger partial charge in [-0.1, -0.05) is 0 Å². The van der Waals surface area contributed by atoms with Crippen LogP contribution in [0.2, 0.25) is 0 Å². The third-order valence-corrected chi connectivity index (χ3v) is 4.83. The average molecular weight is 304 g/mol. The normalized spacial score (nSPS) is 19.0. The van der Waals surface area contributed by atoms with E-state index in [1.165, 1.54) is 0 Å². The second kappa shape index (κ2) is 5.97. The molecule has 1 unspecified atom stereocenters. The lowest BCUT2D eigenvalue weighted by molar-refractivity contribution is -0.132. The summed E-state index contributed by atoms with van der Waals surface area (Å²) in [6.07, 6.45) is 6.41. The fourth-order valence-corrected chi connectivity index (χ4v) is 3.55. The van der Waals surface area contributed by atoms with Gasteiger partial charge in [-0.15, -0.1) is 11.3 Å². The number of aryl methyl sites for hydroxylation is 2. The summed E-state index contributed by atoms with van der Waals surface area (Å²) >= 11 is 1.60. The highest BCUT2D eigenvalue weighted by atomic mass is 32.1. The summed E-state index contributed by atoms with van der Waals surface area (Å²) in [6, 6.07) is 0.349. The largest absolute Gasteiger partial charge is 0.340 e. The predicted octanol–water partition coefficient (Wildman–Crippen LogP) is 2.36. The fraction of sp³-hybridized carbons (Fsp3) is 0.533. The standard InChI is InChI=1S/C15H20N4OS/c1-11-16-5-7-19(11)14-4-3-6-18(9-14)15(20)8-13-10-21-12(2)17-13/h5,7,10,14H,3-4,6,8-9H2,1-2H3. The van der Waals surface area contributed by atoms with Crippen molar-refractivity contribution in [2.24, 2.45) is 0 Å². The van der Waals surface area contributed by atoms with Crippen LogP contribution in [0, 0.1) is 13.8 Å². The van der Waals surface area contributed by atoms with E-state index >= 15 is 0 Å². The van der Waals surface area contributed by atoms with E-state index in [-0.39, 0.29) is 5.91 Å². The second-order valence-electron chi connectivity index (χ2n) is 5.55. The lowest BCUT2D eigenvalue weighted by Crippen LogP contribution is -2.41. The Hall–Kier alpha value is -1.69. The molecule has 1 aliphatic rings. The number of nitrogens with zero attached hydrogens (tertiary/aromatic N) is 4. The number of amides is 1. The van der Waals surface area contributed by atoms with Crippen molar-refractivity contribution in [3.8, 4) is 0 Å². The first-order valence-corrected chi connectivity index (χ1v) is 8.19. The van der Waals surface area contributed by atoms with Gasteiger partial charge < -0.3 is 9.47 Å². The van der Waals surface area contributed by atoms with Crippen LogP contribution in [-0.2, 0) is 11.2 Å². The molecule has 0 saturated carbocycles. The van der Waals surface area contributed by atoms with Gasteiger partial charge in [-0.25, -0.2) is 9.97 Å². The second-order valence-corrected chi connectivity index (χ2v) is 6.61. The van der Waals surface area contributed by atoms with Crippen molar-refractivity contribution in [1.82, 2.24) is 19.4 Å². The summed E-state index contributed by atoms with van der Waals surface area (Å²) in [7, 11) is 0. The van der Waals surface area contributed by atoms with Crippen LogP contribution >= 0.6 is 11.3 Å². The van der Waals surface area contributed by atoms with E-state index in [4.69, 9.17) is 0 Å². The van der Waals surface area contributed by atoms with Crippen molar-refractivity contribution in [3.63, 3.8) is 0 Å². The summed E-state index contributed by atoms with van der Waals surface area (Å²) in [4.78, 5) is 23.1. The molecule has 3 heterocycles. The van der Waals surface area contributed by atoms with E-state index < -0.39 is 0 Å². The number of carbonyl (C=O) groups excluding carboxylic acids is 1. The van der Waals surface area contributed by atoms with E-state index in [9.17, 15) is 4.79 Å². The number of hydrogen-bond donors (Lipinski definition) is 0. The lowest BCUT2D eigenvalue weighted by atomic mass is 10.0. The molecule has 2 aromatic rings. The number of hydrogen-bond acceptors (Lipinski definition) is 4. The molecule has 0 spiro atoms. The number of likely N-dealkylation sites (tertiary alicyclic amines) is 1. The first-order chi connectivity index (χ1) is 10.1. The summed E-state index contributed by atoms with van der Waals surface area (Å²) in [6.45, 7) is 5.61. The number of aromatic nitrogens is 3. The molecule has 3 rings (SSSR count). The summed E-state index contributed by atoms with van der Waals surface area (Å²) in [5.74, 6) is 1.20. The molecule has 0 N–H and O–H groups in total. The van der Waals surface area contributed by atoms with Crippen LogP contribution in [0.25, 0.3) is 0 Å². The van der Waals surface area contributed by atoms with Gasteiger partial charge >= 0.3 is 0 Å². The van der Waals surface area contributed by atoms with Crippen LogP contribution in [0.1, 0.15) is 35.4 Å². The van der Waals surface area contributed by atoms with E-state index in [0.29, 0.717) is 12.5 Å². The van der Waals surface area contributed by atoms with Gasteiger partial charge in [-0.2, -0.15) is 0 Å². The summed E-state index contributed by atoms with van der Waals surface area (Å²) in [5.41, 5.74) is 0.892. The SMILES string of the molecule is Cc1nc(CC(=O)N2CCCC(n3ccnc3C)C2)cs1. The first kappa shape index (κ1) is 14.3. The van der Waals surface area contributed by atoms with Crippen LogP contribution in [0.15, 0.2) is 17.8 Å². The molecule has 112 valence electrons. The number of thiazole rings is 1. The zero-order chi connectivity index (χ0) is 14.8. The molecule has 1 saturated heterocycles. The Labute approximate surface area is 128 Å². The minimum absolute atomic E-state index is 0.183. The zero-order valence-corrected chi connectivity index (χ0v) is 13.3. The molecule has 1 amide bonds. The Morgan fingerprint density at radius 1 is 1.48 bits per heavy atom. The highest BCUT2D eigenvalue weighted by Crippen LogP contribution is 2.23. The van der Waals surface area contributed by atoms with Gasteiger partial charge in [0.15, 0.2) is 0 Å². The number of carbonyl (C=O) groups is 1. The molecule has 5 nitrogen and oxygen atoms in total. The van der Waals surface area contributed by atoms with Crippen molar-refractivity contribution in [2.45, 2.75) is 39.2 Å². The Morgan fingerprint density at radius 3 is 3.00 bits per heavy atom. The molecule has 0 aromatic carbocycles. The van der Waals surface area contributed by atoms with Crippen molar-refractivity contribution in [2.75, 3.05) is 13.1 Å². The maximum Gasteiger partial charge on any atom is 0.228 e. The monoisotopic (exact) mass is 304 g/mol. The van der Waals surface area contributed by atoms with E-state index in [1.54, 1.807) is 11.3 Å². The van der Waals surface area contributed by atoms with Crippen LogP contribution in [-0.4, -0.2) is 38.4 Å². The number of imidazole rings is 1. The van der Waals surface area contributed by atoms with Gasteiger partial charge in [0.1, 0.15) is 5.82 Å². The average Bonchev–Trinajstić information content (AvgIpc) is 3.07. The van der Waals surface area contributed by atoms with Gasteiger partial charge in [0.2, 0.25) is 5.91 Å².